The quantitative estimate of drug-likeness (QED) is 0.138. The van der Waals surface area contributed by atoms with Gasteiger partial charge < -0.3 is 21.3 Å². The molecule has 0 aliphatic carbocycles. The maximum absolute atomic E-state index is 13.0. The van der Waals surface area contributed by atoms with Crippen LogP contribution >= 0.6 is 0 Å². The van der Waals surface area contributed by atoms with Crippen molar-refractivity contribution in [2.24, 2.45) is 55.2 Å². The fourth-order valence-corrected chi connectivity index (χ4v) is 7.59. The summed E-state index contributed by atoms with van der Waals surface area (Å²) in [4.78, 5) is 25.8. The fourth-order valence-electron chi connectivity index (χ4n) is 7.59. The molecular formula is C45H84N4O2. The topological polar surface area (TPSA) is 82.3 Å². The Kier molecular flexibility index (Phi) is 15.1. The van der Waals surface area contributed by atoms with Gasteiger partial charge in [-0.2, -0.15) is 0 Å². The average Bonchev–Trinajstić information content (AvgIpc) is 2.92. The molecule has 0 heterocycles. The average molecular weight is 713 g/mol. The number of rotatable bonds is 16. The van der Waals surface area contributed by atoms with Crippen molar-refractivity contribution in [1.82, 2.24) is 10.6 Å². The van der Waals surface area contributed by atoms with Crippen LogP contribution in [0.2, 0.25) is 0 Å². The van der Waals surface area contributed by atoms with Gasteiger partial charge in [0.25, 0.3) is 0 Å². The highest BCUT2D eigenvalue weighted by atomic mass is 16.2. The summed E-state index contributed by atoms with van der Waals surface area (Å²) in [5, 5.41) is 12.1. The zero-order valence-corrected chi connectivity index (χ0v) is 37.4. The normalized spacial score (nSPS) is 15.2. The summed E-state index contributed by atoms with van der Waals surface area (Å²) in [5.41, 5.74) is 3.42. The van der Waals surface area contributed by atoms with Crippen molar-refractivity contribution in [3.8, 4) is 0 Å². The predicted molar refractivity (Wildman–Crippen MR) is 224 cm³/mol. The Bertz CT molecular complexity index is 1300. The van der Waals surface area contributed by atoms with Gasteiger partial charge in [0, 0.05) is 24.5 Å². The molecule has 0 aliphatic rings. The minimum Gasteiger partial charge on any atom is -0.338 e. The lowest BCUT2D eigenvalue weighted by Gasteiger charge is -2.60. The van der Waals surface area contributed by atoms with E-state index in [0.717, 1.165) is 31.2 Å². The third kappa shape index (κ3) is 11.6. The van der Waals surface area contributed by atoms with E-state index in [-0.39, 0.29) is 55.4 Å². The Morgan fingerprint density at radius 2 is 1.10 bits per heavy atom. The number of aryl methyl sites for hydroxylation is 1. The molecule has 4 amide bonds. The highest BCUT2D eigenvalue weighted by Gasteiger charge is 2.54. The first-order valence-corrected chi connectivity index (χ1v) is 19.8. The third-order valence-corrected chi connectivity index (χ3v) is 15.4. The molecule has 6 heteroatoms. The summed E-state index contributed by atoms with van der Waals surface area (Å²) in [6.07, 6.45) is 4.06. The molecule has 0 saturated carbocycles. The number of hydrogen-bond donors (Lipinski definition) is 4. The van der Waals surface area contributed by atoms with Gasteiger partial charge in [-0.15, -0.1) is 0 Å². The summed E-state index contributed by atoms with van der Waals surface area (Å²) in [5.74, 6) is 0.872. The smallest absolute Gasteiger partial charge is 0.319 e. The van der Waals surface area contributed by atoms with Crippen molar-refractivity contribution >= 4 is 23.4 Å². The monoisotopic (exact) mass is 713 g/mol. The maximum Gasteiger partial charge on any atom is 0.319 e. The van der Waals surface area contributed by atoms with E-state index in [0.29, 0.717) is 36.3 Å². The van der Waals surface area contributed by atoms with E-state index >= 15 is 0 Å². The third-order valence-electron chi connectivity index (χ3n) is 15.4. The van der Waals surface area contributed by atoms with Crippen LogP contribution in [0, 0.1) is 62.1 Å². The number of anilines is 2. The highest BCUT2D eigenvalue weighted by Crippen LogP contribution is 2.61. The summed E-state index contributed by atoms with van der Waals surface area (Å²) in [7, 11) is 0. The standard InChI is InChI=1S/C45H84N4O2/c1-31(29-40(10,11)42(14,15)30-41(12,13)38(4,5)6)24-26-46-36(50)48-34-23-22-32(2)35(28-34)49-37(51)47-27-25-33(3)43(16,17)45(20,21)44(18,19)39(7,8)9/h22-23,28,31,33H,24-27,29-30H2,1-21H3,(H2,46,48,50)(H2,47,49,51). The van der Waals surface area contributed by atoms with Gasteiger partial charge in [0.05, 0.1) is 0 Å². The number of carbonyl (C=O) groups excluding carboxylic acids is 2. The minimum absolute atomic E-state index is 0.0496. The van der Waals surface area contributed by atoms with Gasteiger partial charge in [-0.3, -0.25) is 0 Å². The summed E-state index contributed by atoms with van der Waals surface area (Å²) < 4.78 is 0. The van der Waals surface area contributed by atoms with Crippen LogP contribution in [0.15, 0.2) is 18.2 Å². The van der Waals surface area contributed by atoms with E-state index < -0.39 is 0 Å². The van der Waals surface area contributed by atoms with E-state index in [9.17, 15) is 9.59 Å². The molecule has 0 aliphatic heterocycles. The van der Waals surface area contributed by atoms with Crippen molar-refractivity contribution < 1.29 is 9.59 Å². The molecule has 1 rings (SSSR count). The Labute approximate surface area is 316 Å². The second-order valence-electron chi connectivity index (χ2n) is 21.9. The van der Waals surface area contributed by atoms with Crippen molar-refractivity contribution in [2.45, 2.75) is 171 Å². The van der Waals surface area contributed by atoms with Gasteiger partial charge in [0.2, 0.25) is 0 Å². The van der Waals surface area contributed by atoms with Crippen LogP contribution in [0.25, 0.3) is 0 Å². The van der Waals surface area contributed by atoms with Crippen molar-refractivity contribution in [3.63, 3.8) is 0 Å². The summed E-state index contributed by atoms with van der Waals surface area (Å²) in [6.45, 7) is 50.6. The molecule has 0 saturated heterocycles. The number of urea groups is 2. The van der Waals surface area contributed by atoms with E-state index in [1.807, 2.05) is 25.1 Å². The van der Waals surface area contributed by atoms with Crippen LogP contribution in [-0.2, 0) is 0 Å². The number of amides is 4. The van der Waals surface area contributed by atoms with Crippen LogP contribution in [0.3, 0.4) is 0 Å². The molecule has 51 heavy (non-hydrogen) atoms. The second kappa shape index (κ2) is 16.4. The number of hydrogen-bond acceptors (Lipinski definition) is 2. The van der Waals surface area contributed by atoms with Crippen molar-refractivity contribution in [2.75, 3.05) is 23.7 Å². The fraction of sp³-hybridized carbons (Fsp3) is 0.822. The van der Waals surface area contributed by atoms with Gasteiger partial charge in [-0.25, -0.2) is 9.59 Å². The van der Waals surface area contributed by atoms with Crippen LogP contribution in [0.4, 0.5) is 21.0 Å². The molecule has 4 N–H and O–H groups in total. The Morgan fingerprint density at radius 3 is 1.59 bits per heavy atom. The number of benzene rings is 1. The van der Waals surface area contributed by atoms with Crippen LogP contribution < -0.4 is 21.3 Å². The van der Waals surface area contributed by atoms with E-state index in [1.165, 1.54) is 0 Å². The molecular weight excluding hydrogens is 629 g/mol. The SMILES string of the molecule is Cc1ccc(NC(=O)NCCC(C)CC(C)(C)C(C)(C)CC(C)(C)C(C)(C)C)cc1NC(=O)NCCC(C)C(C)(C)C(C)(C)C(C)(C)C(C)(C)C. The van der Waals surface area contributed by atoms with Crippen LogP contribution in [-0.4, -0.2) is 25.2 Å². The lowest BCUT2D eigenvalue weighted by atomic mass is 9.45. The van der Waals surface area contributed by atoms with Gasteiger partial charge in [-0.1, -0.05) is 145 Å². The molecule has 1 aromatic carbocycles. The highest BCUT2D eigenvalue weighted by molar-refractivity contribution is 5.93. The van der Waals surface area contributed by atoms with Crippen molar-refractivity contribution in [1.29, 1.82) is 0 Å². The molecule has 0 bridgehead atoms. The first kappa shape index (κ1) is 46.8. The molecule has 0 fully saturated rings. The van der Waals surface area contributed by atoms with Crippen LogP contribution in [0.1, 0.15) is 170 Å². The minimum atomic E-state index is -0.235. The van der Waals surface area contributed by atoms with Gasteiger partial charge in [-0.05, 0) is 105 Å². The second-order valence-corrected chi connectivity index (χ2v) is 21.9. The summed E-state index contributed by atoms with van der Waals surface area (Å²) in [6, 6.07) is 5.14. The van der Waals surface area contributed by atoms with Gasteiger partial charge >= 0.3 is 12.1 Å². The molecule has 1 aromatic rings. The largest absolute Gasteiger partial charge is 0.338 e. The zero-order chi connectivity index (χ0) is 40.2. The van der Waals surface area contributed by atoms with Gasteiger partial charge in [0.1, 0.15) is 0 Å². The van der Waals surface area contributed by atoms with Gasteiger partial charge in [0.15, 0.2) is 0 Å². The first-order valence-electron chi connectivity index (χ1n) is 19.8. The molecule has 296 valence electrons. The van der Waals surface area contributed by atoms with E-state index in [1.54, 1.807) is 0 Å². The van der Waals surface area contributed by atoms with E-state index in [2.05, 4.69) is 160 Å². The first-order chi connectivity index (χ1) is 22.6. The molecule has 2 atom stereocenters. The lowest BCUT2D eigenvalue weighted by Crippen LogP contribution is -2.53. The Morgan fingerprint density at radius 1 is 0.608 bits per heavy atom. The molecule has 0 spiro atoms. The molecule has 0 aromatic heterocycles. The van der Waals surface area contributed by atoms with E-state index in [4.69, 9.17) is 0 Å². The lowest BCUT2D eigenvalue weighted by molar-refractivity contribution is -0.110. The molecule has 6 nitrogen and oxygen atoms in total. The molecule has 2 unspecified atom stereocenters. The summed E-state index contributed by atoms with van der Waals surface area (Å²) >= 11 is 0. The molecule has 0 radical (unpaired) electrons. The number of carbonyl (C=O) groups is 2. The Balaban J connectivity index is 2.71. The zero-order valence-electron chi connectivity index (χ0n) is 37.4. The Hall–Kier alpha value is -2.24. The predicted octanol–water partition coefficient (Wildman–Crippen LogP) is 13.3. The van der Waals surface area contributed by atoms with Crippen LogP contribution in [0.5, 0.6) is 0 Å². The van der Waals surface area contributed by atoms with Crippen molar-refractivity contribution in [3.05, 3.63) is 23.8 Å². The maximum atomic E-state index is 13.0. The number of nitrogens with one attached hydrogen (secondary N) is 4.